The van der Waals surface area contributed by atoms with Crippen LogP contribution in [0.3, 0.4) is 0 Å². The minimum atomic E-state index is -1.04. The number of amides is 2. The van der Waals surface area contributed by atoms with Crippen molar-refractivity contribution in [3.8, 4) is 11.4 Å². The molecule has 11 nitrogen and oxygen atoms in total. The van der Waals surface area contributed by atoms with Crippen LogP contribution >= 0.6 is 0 Å². The van der Waals surface area contributed by atoms with Crippen LogP contribution in [-0.2, 0) is 25.6 Å². The number of hydrogen-bond acceptors (Lipinski definition) is 8. The number of likely N-dealkylation sites (N-methyl/N-ethyl adjacent to an activating group) is 1. The fraction of sp³-hybridized carbons (Fsp3) is 0.538. The van der Waals surface area contributed by atoms with E-state index in [9.17, 15) is 9.59 Å². The molecule has 0 fully saturated rings. The first-order chi connectivity index (χ1) is 18.0. The van der Waals surface area contributed by atoms with Crippen LogP contribution in [0.1, 0.15) is 31.7 Å². The van der Waals surface area contributed by atoms with Crippen LogP contribution in [-0.4, -0.2) is 91.4 Å². The smallest absolute Gasteiger partial charge is 0.410 e. The van der Waals surface area contributed by atoms with E-state index >= 15 is 0 Å². The van der Waals surface area contributed by atoms with E-state index < -0.39 is 12.2 Å². The van der Waals surface area contributed by atoms with E-state index in [4.69, 9.17) is 24.1 Å². The average Bonchev–Trinajstić information content (AvgIpc) is 2.92. The van der Waals surface area contributed by atoms with Gasteiger partial charge in [-0.2, -0.15) is 0 Å². The Kier molecular flexibility index (Phi) is 14.6. The van der Waals surface area contributed by atoms with E-state index in [1.54, 1.807) is 24.4 Å². The molecule has 1 atom stereocenters. The maximum absolute atomic E-state index is 12.8. The van der Waals surface area contributed by atoms with Gasteiger partial charge in [-0.15, -0.1) is 0 Å². The minimum Gasteiger partial charge on any atom is -0.465 e. The Morgan fingerprint density at radius 1 is 1.05 bits per heavy atom. The predicted octanol–water partition coefficient (Wildman–Crippen LogP) is 3.59. The van der Waals surface area contributed by atoms with Gasteiger partial charge in [-0.3, -0.25) is 9.97 Å². The predicted molar refractivity (Wildman–Crippen MR) is 137 cm³/mol. The Bertz CT molecular complexity index is 900. The number of nitrogens with zero attached hydrogens (tertiary/aromatic N) is 3. The zero-order chi connectivity index (χ0) is 26.7. The second kappa shape index (κ2) is 18.0. The van der Waals surface area contributed by atoms with E-state index in [1.165, 1.54) is 0 Å². The first-order valence-corrected chi connectivity index (χ1v) is 12.5. The summed E-state index contributed by atoms with van der Waals surface area (Å²) in [6.45, 7) is 4.96. The average molecular weight is 519 g/mol. The maximum atomic E-state index is 12.8. The van der Waals surface area contributed by atoms with Crippen LogP contribution in [0.4, 0.5) is 9.59 Å². The van der Waals surface area contributed by atoms with Gasteiger partial charge >= 0.3 is 12.2 Å². The Labute approximate surface area is 218 Å². The van der Waals surface area contributed by atoms with Gasteiger partial charge in [0.1, 0.15) is 6.61 Å². The Morgan fingerprint density at radius 2 is 1.86 bits per heavy atom. The molecule has 11 heteroatoms. The molecule has 0 radical (unpaired) electrons. The van der Waals surface area contributed by atoms with Crippen molar-refractivity contribution in [2.45, 2.75) is 38.9 Å². The zero-order valence-corrected chi connectivity index (χ0v) is 21.6. The molecule has 0 bridgehead atoms. The van der Waals surface area contributed by atoms with Crippen molar-refractivity contribution in [1.29, 1.82) is 0 Å². The number of methoxy groups -OCH3 is 1. The molecule has 2 rings (SSSR count). The molecule has 2 amide bonds. The van der Waals surface area contributed by atoms with Crippen molar-refractivity contribution in [2.75, 3.05) is 53.2 Å². The number of carbonyl (C=O) groups is 2. The van der Waals surface area contributed by atoms with Gasteiger partial charge in [0.05, 0.1) is 50.5 Å². The number of aromatic nitrogens is 2. The maximum Gasteiger partial charge on any atom is 0.410 e. The van der Waals surface area contributed by atoms with Gasteiger partial charge in [-0.25, -0.2) is 9.59 Å². The normalized spacial score (nSPS) is 11.6. The number of pyridine rings is 2. The summed E-state index contributed by atoms with van der Waals surface area (Å²) < 4.78 is 21.9. The van der Waals surface area contributed by atoms with E-state index in [1.807, 2.05) is 37.3 Å². The standard InChI is InChI=1S/C26H38N4O7/c1-3-30(19-22(8-4-6-13-28-25(31)32)36-17-16-35-15-14-34-2)26(33)37-20-21-10-11-24(29-18-21)23-9-5-7-12-27-23/h5,7,9-12,18,22,28H,3-4,6,8,13-17,19-20H2,1-2H3,(H,31,32). The number of hydrogen-bond donors (Lipinski definition) is 2. The molecule has 0 aromatic carbocycles. The lowest BCUT2D eigenvalue weighted by atomic mass is 10.1. The molecular formula is C26H38N4O7. The molecule has 0 aliphatic rings. The van der Waals surface area contributed by atoms with Crippen LogP contribution < -0.4 is 5.32 Å². The molecule has 1 unspecified atom stereocenters. The lowest BCUT2D eigenvalue weighted by molar-refractivity contribution is -0.0215. The summed E-state index contributed by atoms with van der Waals surface area (Å²) in [6.07, 6.45) is 3.77. The van der Waals surface area contributed by atoms with Crippen LogP contribution in [0.2, 0.25) is 0 Å². The first-order valence-electron chi connectivity index (χ1n) is 12.5. The Hall–Kier alpha value is -3.28. The van der Waals surface area contributed by atoms with Crippen LogP contribution in [0.5, 0.6) is 0 Å². The van der Waals surface area contributed by atoms with Crippen molar-refractivity contribution in [1.82, 2.24) is 20.2 Å². The minimum absolute atomic E-state index is 0.102. The fourth-order valence-electron chi connectivity index (χ4n) is 3.43. The van der Waals surface area contributed by atoms with Gasteiger partial charge in [0, 0.05) is 38.2 Å². The number of ether oxygens (including phenoxy) is 4. The highest BCUT2D eigenvalue weighted by atomic mass is 16.6. The molecule has 37 heavy (non-hydrogen) atoms. The molecule has 0 aliphatic carbocycles. The van der Waals surface area contributed by atoms with Crippen molar-refractivity contribution >= 4 is 12.2 Å². The highest BCUT2D eigenvalue weighted by molar-refractivity contribution is 5.67. The highest BCUT2D eigenvalue weighted by Gasteiger charge is 2.20. The molecule has 0 saturated heterocycles. The number of nitrogens with one attached hydrogen (secondary N) is 1. The van der Waals surface area contributed by atoms with Crippen LogP contribution in [0.25, 0.3) is 11.4 Å². The number of carbonyl (C=O) groups excluding carboxylic acids is 1. The molecule has 2 aromatic rings. The summed E-state index contributed by atoms with van der Waals surface area (Å²) in [4.78, 5) is 33.7. The van der Waals surface area contributed by atoms with E-state index in [-0.39, 0.29) is 12.7 Å². The molecule has 2 aromatic heterocycles. The quantitative estimate of drug-likeness (QED) is 0.284. The third kappa shape index (κ3) is 12.5. The lowest BCUT2D eigenvalue weighted by Gasteiger charge is -2.26. The summed E-state index contributed by atoms with van der Waals surface area (Å²) in [7, 11) is 1.61. The van der Waals surface area contributed by atoms with Gasteiger partial charge in [-0.1, -0.05) is 12.1 Å². The monoisotopic (exact) mass is 518 g/mol. The summed E-state index contributed by atoms with van der Waals surface area (Å²) in [5.41, 5.74) is 2.30. The SMILES string of the molecule is CCN(CC(CCCCNC(=O)O)OCCOCCOC)C(=O)OCc1ccc(-c2ccccn2)nc1. The zero-order valence-electron chi connectivity index (χ0n) is 21.6. The summed E-state index contributed by atoms with van der Waals surface area (Å²) in [5, 5.41) is 11.1. The number of rotatable bonds is 18. The fourth-order valence-corrected chi connectivity index (χ4v) is 3.43. The largest absolute Gasteiger partial charge is 0.465 e. The van der Waals surface area contributed by atoms with Gasteiger partial charge < -0.3 is 34.3 Å². The third-order valence-electron chi connectivity index (χ3n) is 5.42. The highest BCUT2D eigenvalue weighted by Crippen LogP contribution is 2.14. The van der Waals surface area contributed by atoms with E-state index in [0.29, 0.717) is 58.9 Å². The van der Waals surface area contributed by atoms with Crippen LogP contribution in [0, 0.1) is 0 Å². The number of carboxylic acid groups (broad SMARTS) is 1. The van der Waals surface area contributed by atoms with Crippen molar-refractivity contribution in [3.05, 3.63) is 48.3 Å². The van der Waals surface area contributed by atoms with Gasteiger partial charge in [-0.05, 0) is 44.4 Å². The third-order valence-corrected chi connectivity index (χ3v) is 5.42. The first kappa shape index (κ1) is 29.9. The summed E-state index contributed by atoms with van der Waals surface area (Å²) >= 11 is 0. The van der Waals surface area contributed by atoms with Gasteiger partial charge in [0.2, 0.25) is 0 Å². The van der Waals surface area contributed by atoms with Gasteiger partial charge in [0.15, 0.2) is 0 Å². The molecule has 2 heterocycles. The topological polar surface area (TPSA) is 132 Å². The van der Waals surface area contributed by atoms with Crippen molar-refractivity contribution in [3.63, 3.8) is 0 Å². The molecule has 0 aliphatic heterocycles. The van der Waals surface area contributed by atoms with E-state index in [0.717, 1.165) is 23.4 Å². The second-order valence-electron chi connectivity index (χ2n) is 8.19. The number of unbranched alkanes of at least 4 members (excludes halogenated alkanes) is 1. The molecule has 0 saturated carbocycles. The summed E-state index contributed by atoms with van der Waals surface area (Å²) in [5.74, 6) is 0. The van der Waals surface area contributed by atoms with Crippen molar-refractivity contribution in [2.24, 2.45) is 0 Å². The lowest BCUT2D eigenvalue weighted by Crippen LogP contribution is -2.39. The molecule has 204 valence electrons. The van der Waals surface area contributed by atoms with E-state index in [2.05, 4.69) is 15.3 Å². The Morgan fingerprint density at radius 3 is 2.54 bits per heavy atom. The molecule has 2 N–H and O–H groups in total. The molecular weight excluding hydrogens is 480 g/mol. The van der Waals surface area contributed by atoms with Gasteiger partial charge in [0.25, 0.3) is 0 Å². The van der Waals surface area contributed by atoms with Crippen LogP contribution in [0.15, 0.2) is 42.7 Å². The van der Waals surface area contributed by atoms with Crippen molar-refractivity contribution < 1.29 is 33.6 Å². The summed E-state index contributed by atoms with van der Waals surface area (Å²) in [6, 6.07) is 9.34. The Balaban J connectivity index is 1.84. The second-order valence-corrected chi connectivity index (χ2v) is 8.19. The molecule has 0 spiro atoms.